The lowest BCUT2D eigenvalue weighted by Crippen LogP contribution is -1.98. The molecule has 0 bridgehead atoms. The van der Waals surface area contributed by atoms with Crippen LogP contribution < -0.4 is 4.74 Å². The zero-order valence-electron chi connectivity index (χ0n) is 8.41. The summed E-state index contributed by atoms with van der Waals surface area (Å²) in [6, 6.07) is 14.4. The highest BCUT2D eigenvalue weighted by molar-refractivity contribution is 6.30. The first-order chi connectivity index (χ1) is 7.75. The fourth-order valence-electron chi connectivity index (χ4n) is 1.27. The smallest absolute Gasteiger partial charge is 0.131 e. The van der Waals surface area contributed by atoms with Crippen molar-refractivity contribution in [2.75, 3.05) is 0 Å². The Morgan fingerprint density at radius 2 is 1.94 bits per heavy atom. The first kappa shape index (κ1) is 11.0. The zero-order valence-corrected chi connectivity index (χ0v) is 9.17. The minimum Gasteiger partial charge on any atom is -0.489 e. The van der Waals surface area contributed by atoms with Crippen LogP contribution >= 0.6 is 11.6 Å². The van der Waals surface area contributed by atoms with E-state index in [1.807, 2.05) is 0 Å². The molecule has 3 heteroatoms. The third-order valence-electron chi connectivity index (χ3n) is 2.10. The maximum Gasteiger partial charge on any atom is 0.131 e. The van der Waals surface area contributed by atoms with Gasteiger partial charge in [0.25, 0.3) is 0 Å². The highest BCUT2D eigenvalue weighted by Crippen LogP contribution is 2.17. The van der Waals surface area contributed by atoms with Crippen molar-refractivity contribution in [2.24, 2.45) is 0 Å². The Kier molecular flexibility index (Phi) is 3.42. The molecule has 0 saturated carbocycles. The molecule has 1 nitrogen and oxygen atoms in total. The van der Waals surface area contributed by atoms with Gasteiger partial charge in [-0.1, -0.05) is 29.8 Å². The van der Waals surface area contributed by atoms with Crippen molar-refractivity contribution < 1.29 is 9.13 Å². The van der Waals surface area contributed by atoms with Gasteiger partial charge in [-0.25, -0.2) is 4.39 Å². The minimum atomic E-state index is -0.352. The van der Waals surface area contributed by atoms with Crippen molar-refractivity contribution in [3.8, 4) is 5.75 Å². The van der Waals surface area contributed by atoms with Gasteiger partial charge in [-0.2, -0.15) is 0 Å². The first-order valence-electron chi connectivity index (χ1n) is 4.78. The van der Waals surface area contributed by atoms with E-state index in [0.29, 0.717) is 16.3 Å². The molecule has 0 unspecified atom stereocenters. The molecule has 0 fully saturated rings. The van der Waals surface area contributed by atoms with Crippen molar-refractivity contribution in [3.63, 3.8) is 0 Å². The molecule has 0 amide bonds. The Balaban J connectivity index is 2.05. The largest absolute Gasteiger partial charge is 0.489 e. The predicted molar refractivity (Wildman–Crippen MR) is 61.0 cm³/mol. The van der Waals surface area contributed by atoms with E-state index >= 15 is 0 Å². The number of rotatable bonds is 3. The van der Waals surface area contributed by atoms with E-state index in [0.717, 1.165) is 0 Å². The van der Waals surface area contributed by atoms with Crippen LogP contribution in [-0.2, 0) is 6.61 Å². The molecule has 0 spiro atoms. The van der Waals surface area contributed by atoms with Crippen molar-refractivity contribution in [1.82, 2.24) is 0 Å². The maximum atomic E-state index is 13.4. The van der Waals surface area contributed by atoms with Gasteiger partial charge in [0.05, 0.1) is 0 Å². The normalized spacial score (nSPS) is 10.1. The fraction of sp³-hybridized carbons (Fsp3) is 0.0769. The first-order valence-corrected chi connectivity index (χ1v) is 5.16. The molecule has 0 heterocycles. The molecule has 0 aliphatic heterocycles. The SMILES string of the molecule is Fc1cc(Cl)ccc1COc1cc[c]cc1. The summed E-state index contributed by atoms with van der Waals surface area (Å²) in [5, 5.41) is 0.385. The summed E-state index contributed by atoms with van der Waals surface area (Å²) in [5.41, 5.74) is 0.484. The van der Waals surface area contributed by atoms with E-state index in [2.05, 4.69) is 6.07 Å². The van der Waals surface area contributed by atoms with Crippen LogP contribution in [0.2, 0.25) is 5.02 Å². The highest BCUT2D eigenvalue weighted by atomic mass is 35.5. The van der Waals surface area contributed by atoms with Crippen LogP contribution in [0.25, 0.3) is 0 Å². The van der Waals surface area contributed by atoms with Crippen molar-refractivity contribution in [1.29, 1.82) is 0 Å². The predicted octanol–water partition coefficient (Wildman–Crippen LogP) is 3.86. The van der Waals surface area contributed by atoms with Crippen LogP contribution in [0.1, 0.15) is 5.56 Å². The van der Waals surface area contributed by atoms with Crippen LogP contribution in [0.3, 0.4) is 0 Å². The second-order valence-corrected chi connectivity index (χ2v) is 3.70. The summed E-state index contributed by atoms with van der Waals surface area (Å²) < 4.78 is 18.8. The molecule has 0 N–H and O–H groups in total. The van der Waals surface area contributed by atoms with Gasteiger partial charge in [-0.05, 0) is 30.3 Å². The monoisotopic (exact) mass is 235 g/mol. The van der Waals surface area contributed by atoms with Gasteiger partial charge in [-0.15, -0.1) is 0 Å². The van der Waals surface area contributed by atoms with Crippen LogP contribution in [0.4, 0.5) is 4.39 Å². The van der Waals surface area contributed by atoms with Gasteiger partial charge in [0, 0.05) is 10.6 Å². The summed E-state index contributed by atoms with van der Waals surface area (Å²) >= 11 is 5.65. The van der Waals surface area contributed by atoms with E-state index in [1.54, 1.807) is 36.4 Å². The lowest BCUT2D eigenvalue weighted by molar-refractivity contribution is 0.300. The number of halogens is 2. The Morgan fingerprint density at radius 3 is 2.62 bits per heavy atom. The molecular weight excluding hydrogens is 227 g/mol. The van der Waals surface area contributed by atoms with Crippen molar-refractivity contribution in [2.45, 2.75) is 6.61 Å². The van der Waals surface area contributed by atoms with Gasteiger partial charge in [0.2, 0.25) is 0 Å². The number of ether oxygens (including phenoxy) is 1. The summed E-state index contributed by atoms with van der Waals surface area (Å²) in [4.78, 5) is 0. The van der Waals surface area contributed by atoms with Gasteiger partial charge in [-0.3, -0.25) is 0 Å². The summed E-state index contributed by atoms with van der Waals surface area (Å²) in [6.45, 7) is 0.188. The van der Waals surface area contributed by atoms with E-state index in [4.69, 9.17) is 16.3 Å². The number of hydrogen-bond donors (Lipinski definition) is 0. The van der Waals surface area contributed by atoms with Crippen LogP contribution in [-0.4, -0.2) is 0 Å². The van der Waals surface area contributed by atoms with Crippen LogP contribution in [0.15, 0.2) is 42.5 Å². The third-order valence-corrected chi connectivity index (χ3v) is 2.33. The Morgan fingerprint density at radius 1 is 1.19 bits per heavy atom. The molecule has 81 valence electrons. The van der Waals surface area contributed by atoms with Crippen molar-refractivity contribution in [3.05, 3.63) is 64.9 Å². The Labute approximate surface area is 98.4 Å². The quantitative estimate of drug-likeness (QED) is 0.785. The molecule has 2 aromatic carbocycles. The average Bonchev–Trinajstić information content (AvgIpc) is 2.29. The molecule has 0 atom stereocenters. The van der Waals surface area contributed by atoms with E-state index in [-0.39, 0.29) is 12.4 Å². The lowest BCUT2D eigenvalue weighted by Gasteiger charge is -2.06. The van der Waals surface area contributed by atoms with Gasteiger partial charge >= 0.3 is 0 Å². The molecule has 16 heavy (non-hydrogen) atoms. The zero-order chi connectivity index (χ0) is 11.4. The highest BCUT2D eigenvalue weighted by Gasteiger charge is 2.03. The molecule has 2 aromatic rings. The van der Waals surface area contributed by atoms with E-state index in [9.17, 15) is 4.39 Å². The Bertz CT molecular complexity index is 471. The van der Waals surface area contributed by atoms with E-state index < -0.39 is 0 Å². The number of benzene rings is 2. The van der Waals surface area contributed by atoms with Gasteiger partial charge in [0.1, 0.15) is 18.2 Å². The molecule has 0 aromatic heterocycles. The van der Waals surface area contributed by atoms with Gasteiger partial charge < -0.3 is 4.74 Å². The molecule has 1 radical (unpaired) electrons. The second kappa shape index (κ2) is 4.99. The molecule has 2 rings (SSSR count). The van der Waals surface area contributed by atoms with E-state index in [1.165, 1.54) is 6.07 Å². The number of hydrogen-bond acceptors (Lipinski definition) is 1. The third kappa shape index (κ3) is 2.74. The maximum absolute atomic E-state index is 13.4. The second-order valence-electron chi connectivity index (χ2n) is 3.26. The molecule has 0 saturated heterocycles. The van der Waals surface area contributed by atoms with Crippen LogP contribution in [0.5, 0.6) is 5.75 Å². The minimum absolute atomic E-state index is 0.188. The van der Waals surface area contributed by atoms with Crippen molar-refractivity contribution >= 4 is 11.6 Å². The lowest BCUT2D eigenvalue weighted by atomic mass is 10.2. The van der Waals surface area contributed by atoms with Crippen LogP contribution in [0, 0.1) is 11.9 Å². The fourth-order valence-corrected chi connectivity index (χ4v) is 1.43. The molecular formula is C13H9ClFO. The standard InChI is InChI=1S/C13H9ClFO/c14-11-7-6-10(13(15)8-11)9-16-12-4-2-1-3-5-12/h2-8H,9H2. The topological polar surface area (TPSA) is 9.23 Å². The molecule has 0 aliphatic rings. The summed E-state index contributed by atoms with van der Waals surface area (Å²) in [5.74, 6) is 0.336. The average molecular weight is 236 g/mol. The summed E-state index contributed by atoms with van der Waals surface area (Å²) in [7, 11) is 0. The summed E-state index contributed by atoms with van der Waals surface area (Å²) in [6.07, 6.45) is 0. The van der Waals surface area contributed by atoms with Gasteiger partial charge in [0.15, 0.2) is 0 Å². The Hall–Kier alpha value is -1.54. The molecule has 0 aliphatic carbocycles.